The van der Waals surface area contributed by atoms with E-state index in [1.54, 1.807) is 6.92 Å². The van der Waals surface area contributed by atoms with Crippen molar-refractivity contribution in [2.75, 3.05) is 0 Å². The molecule has 1 saturated heterocycles. The maximum Gasteiger partial charge on any atom is 0.274 e. The van der Waals surface area contributed by atoms with Gasteiger partial charge < -0.3 is 29.9 Å². The van der Waals surface area contributed by atoms with Crippen LogP contribution in [0.2, 0.25) is 0 Å². The monoisotopic (exact) mass is 466 g/mol. The minimum absolute atomic E-state index is 0.170. The van der Waals surface area contributed by atoms with Gasteiger partial charge in [0.1, 0.15) is 6.10 Å². The maximum atomic E-state index is 12.1. The van der Waals surface area contributed by atoms with Crippen molar-refractivity contribution in [3.8, 4) is 0 Å². The molecule has 4 fully saturated rings. The van der Waals surface area contributed by atoms with Gasteiger partial charge in [-0.1, -0.05) is 25.5 Å². The lowest BCUT2D eigenvalue weighted by Crippen LogP contribution is -2.60. The summed E-state index contributed by atoms with van der Waals surface area (Å²) in [5, 5.41) is 42.1. The third kappa shape index (κ3) is 3.57. The van der Waals surface area contributed by atoms with Crippen LogP contribution in [0.5, 0.6) is 0 Å². The first-order chi connectivity index (χ1) is 15.5. The van der Waals surface area contributed by atoms with E-state index in [2.05, 4.69) is 19.9 Å². The standard InChI is InChI=1S/C26H42O7/c1-14-21(28)22(29)33-23(31-14)32-15(2)26(30)12-9-20-18-6-5-16-13-17(27)7-10-24(16,3)19(18)8-11-25(20,26)4/h5,14-15,17-23,27-30H,6-13H2,1-4H3/t14-,15+,17-,18-,19+,20-,21-,22-,23+,24+,25+,26+/m1/s1. The van der Waals surface area contributed by atoms with Gasteiger partial charge in [0.2, 0.25) is 0 Å². The van der Waals surface area contributed by atoms with Gasteiger partial charge >= 0.3 is 0 Å². The van der Waals surface area contributed by atoms with Crippen LogP contribution in [0.1, 0.15) is 79.1 Å². The number of allylic oxidation sites excluding steroid dienone is 1. The highest BCUT2D eigenvalue weighted by Gasteiger charge is 2.65. The van der Waals surface area contributed by atoms with Crippen molar-refractivity contribution in [1.29, 1.82) is 0 Å². The molecule has 0 bridgehead atoms. The molecule has 4 aliphatic carbocycles. The lowest BCUT2D eigenvalue weighted by Gasteiger charge is -2.59. The molecule has 0 aromatic rings. The molecule has 1 aliphatic heterocycles. The third-order valence-electron chi connectivity index (χ3n) is 10.6. The number of ether oxygens (including phenoxy) is 3. The summed E-state index contributed by atoms with van der Waals surface area (Å²) < 4.78 is 16.9. The van der Waals surface area contributed by atoms with Crippen LogP contribution in [0.25, 0.3) is 0 Å². The van der Waals surface area contributed by atoms with E-state index in [1.165, 1.54) is 5.57 Å². The Morgan fingerprint density at radius 2 is 1.76 bits per heavy atom. The molecule has 5 aliphatic rings. The Morgan fingerprint density at radius 3 is 2.48 bits per heavy atom. The van der Waals surface area contributed by atoms with Gasteiger partial charge in [0.15, 0.2) is 6.29 Å². The van der Waals surface area contributed by atoms with Crippen molar-refractivity contribution in [3.05, 3.63) is 11.6 Å². The van der Waals surface area contributed by atoms with Crippen LogP contribution in [0.15, 0.2) is 11.6 Å². The van der Waals surface area contributed by atoms with Gasteiger partial charge in [0.05, 0.1) is 23.9 Å². The van der Waals surface area contributed by atoms with E-state index in [1.807, 2.05) is 6.92 Å². The molecule has 0 radical (unpaired) electrons. The van der Waals surface area contributed by atoms with Crippen LogP contribution in [0.3, 0.4) is 0 Å². The van der Waals surface area contributed by atoms with Gasteiger partial charge in [-0.25, -0.2) is 0 Å². The van der Waals surface area contributed by atoms with Crippen molar-refractivity contribution in [2.45, 2.75) is 122 Å². The zero-order valence-electron chi connectivity index (χ0n) is 20.4. The predicted octanol–water partition coefficient (Wildman–Crippen LogP) is 2.84. The first-order valence-electron chi connectivity index (χ1n) is 12.9. The van der Waals surface area contributed by atoms with Crippen LogP contribution in [-0.2, 0) is 14.2 Å². The molecule has 33 heavy (non-hydrogen) atoms. The summed E-state index contributed by atoms with van der Waals surface area (Å²) in [5.41, 5.74) is 0.329. The fraction of sp³-hybridized carbons (Fsp3) is 0.923. The number of hydrogen-bond donors (Lipinski definition) is 4. The third-order valence-corrected chi connectivity index (χ3v) is 10.6. The zero-order valence-corrected chi connectivity index (χ0v) is 20.4. The Morgan fingerprint density at radius 1 is 1.03 bits per heavy atom. The highest BCUT2D eigenvalue weighted by atomic mass is 16.9. The van der Waals surface area contributed by atoms with Crippen LogP contribution in [-0.4, -0.2) is 63.2 Å². The zero-order chi connectivity index (χ0) is 23.8. The Labute approximate surface area is 197 Å². The number of aliphatic hydroxyl groups is 4. The molecule has 0 spiro atoms. The van der Waals surface area contributed by atoms with Gasteiger partial charge in [-0.3, -0.25) is 4.74 Å². The molecular weight excluding hydrogens is 424 g/mol. The minimum atomic E-state index is -1.37. The van der Waals surface area contributed by atoms with Gasteiger partial charge in [-0.05, 0) is 88.4 Å². The highest BCUT2D eigenvalue weighted by Crippen LogP contribution is 2.67. The van der Waals surface area contributed by atoms with E-state index in [0.717, 1.165) is 44.9 Å². The molecule has 12 atom stereocenters. The predicted molar refractivity (Wildman–Crippen MR) is 121 cm³/mol. The molecule has 0 aromatic heterocycles. The quantitative estimate of drug-likeness (QED) is 0.474. The van der Waals surface area contributed by atoms with Crippen molar-refractivity contribution in [1.82, 2.24) is 0 Å². The van der Waals surface area contributed by atoms with E-state index in [9.17, 15) is 20.4 Å². The second-order valence-corrected chi connectivity index (χ2v) is 12.0. The summed E-state index contributed by atoms with van der Waals surface area (Å²) in [6, 6.07) is 0. The Kier molecular flexibility index (Phi) is 6.05. The molecule has 0 aromatic carbocycles. The summed E-state index contributed by atoms with van der Waals surface area (Å²) >= 11 is 0. The van der Waals surface area contributed by atoms with Gasteiger partial charge in [0.25, 0.3) is 6.48 Å². The average Bonchev–Trinajstić information content (AvgIpc) is 3.04. The fourth-order valence-electron chi connectivity index (χ4n) is 8.42. The van der Waals surface area contributed by atoms with E-state index in [0.29, 0.717) is 24.2 Å². The topological polar surface area (TPSA) is 109 Å². The van der Waals surface area contributed by atoms with Gasteiger partial charge in [0, 0.05) is 5.41 Å². The smallest absolute Gasteiger partial charge is 0.274 e. The molecule has 4 N–H and O–H groups in total. The summed E-state index contributed by atoms with van der Waals surface area (Å²) in [7, 11) is 0. The van der Waals surface area contributed by atoms with Crippen LogP contribution >= 0.6 is 0 Å². The largest absolute Gasteiger partial charge is 0.393 e. The number of fused-ring (bicyclic) bond motifs is 5. The molecule has 3 saturated carbocycles. The summed E-state index contributed by atoms with van der Waals surface area (Å²) in [6.07, 6.45) is 5.98. The lowest BCUT2D eigenvalue weighted by molar-refractivity contribution is -0.419. The van der Waals surface area contributed by atoms with Gasteiger partial charge in [-0.15, -0.1) is 0 Å². The Hall–Kier alpha value is -0.540. The van der Waals surface area contributed by atoms with Gasteiger partial charge in [-0.2, -0.15) is 0 Å². The van der Waals surface area contributed by atoms with E-state index < -0.39 is 36.7 Å². The molecular formula is C26H42O7. The van der Waals surface area contributed by atoms with Crippen LogP contribution in [0.4, 0.5) is 0 Å². The summed E-state index contributed by atoms with van der Waals surface area (Å²) in [4.78, 5) is 0. The molecule has 0 amide bonds. The normalized spacial score (nSPS) is 55.2. The molecule has 1 heterocycles. The van der Waals surface area contributed by atoms with Crippen molar-refractivity contribution < 1.29 is 34.6 Å². The first-order valence-corrected chi connectivity index (χ1v) is 12.9. The second kappa shape index (κ2) is 8.26. The molecule has 7 nitrogen and oxygen atoms in total. The Bertz CT molecular complexity index is 775. The molecule has 5 rings (SSSR count). The van der Waals surface area contributed by atoms with Crippen molar-refractivity contribution in [3.63, 3.8) is 0 Å². The van der Waals surface area contributed by atoms with Crippen molar-refractivity contribution >= 4 is 0 Å². The molecule has 7 heteroatoms. The number of hydrogen-bond acceptors (Lipinski definition) is 7. The van der Waals surface area contributed by atoms with E-state index in [4.69, 9.17) is 14.2 Å². The van der Waals surface area contributed by atoms with Crippen molar-refractivity contribution in [2.24, 2.45) is 28.6 Å². The lowest BCUT2D eigenvalue weighted by atomic mass is 9.46. The minimum Gasteiger partial charge on any atom is -0.393 e. The first kappa shape index (κ1) is 24.2. The second-order valence-electron chi connectivity index (χ2n) is 12.0. The van der Waals surface area contributed by atoms with Crippen LogP contribution < -0.4 is 0 Å². The summed E-state index contributed by atoms with van der Waals surface area (Å²) in [6.45, 7) is 7.06. The summed E-state index contributed by atoms with van der Waals surface area (Å²) in [5.74, 6) is 1.55. The number of rotatable bonds is 3. The van der Waals surface area contributed by atoms with E-state index >= 15 is 0 Å². The van der Waals surface area contributed by atoms with Crippen LogP contribution in [0, 0.1) is 28.6 Å². The Balaban J connectivity index is 1.34. The number of aliphatic hydroxyl groups excluding tert-OH is 3. The molecule has 188 valence electrons. The fourth-order valence-corrected chi connectivity index (χ4v) is 8.42. The van der Waals surface area contributed by atoms with E-state index in [-0.39, 0.29) is 16.9 Å². The SMILES string of the molecule is C[C@H](O[C@H]1O[C@@H](O)[C@H](O)[C@@H](C)O1)[C@@]1(O)CC[C@@H]2[C@@H]3CC=C4C[C@H](O)CC[C@]4(C)[C@H]3CC[C@@]21C. The molecule has 0 unspecified atom stereocenters. The average molecular weight is 467 g/mol. The highest BCUT2D eigenvalue weighted by molar-refractivity contribution is 5.26. The maximum absolute atomic E-state index is 12.1.